The van der Waals surface area contributed by atoms with E-state index in [4.69, 9.17) is 23.2 Å². The fraction of sp³-hybridized carbons (Fsp3) is 0.542. The van der Waals surface area contributed by atoms with E-state index in [-0.39, 0.29) is 17.7 Å². The maximum Gasteiger partial charge on any atom is 0.227 e. The number of unbranched alkanes of at least 4 members (excludes halogenated alkanes) is 1. The highest BCUT2D eigenvalue weighted by molar-refractivity contribution is 6.42. The lowest BCUT2D eigenvalue weighted by molar-refractivity contribution is -0.139. The van der Waals surface area contributed by atoms with Crippen LogP contribution in [0.4, 0.5) is 0 Å². The van der Waals surface area contributed by atoms with Gasteiger partial charge >= 0.3 is 0 Å². The van der Waals surface area contributed by atoms with Crippen LogP contribution >= 0.6 is 23.2 Å². The third-order valence-electron chi connectivity index (χ3n) is 6.34. The van der Waals surface area contributed by atoms with Crippen LogP contribution in [0.3, 0.4) is 0 Å². The summed E-state index contributed by atoms with van der Waals surface area (Å²) in [7, 11) is 1.88. The number of likely N-dealkylation sites (tertiary alicyclic amines) is 1. The number of halogens is 2. The zero-order valence-corrected chi connectivity index (χ0v) is 20.8. The van der Waals surface area contributed by atoms with E-state index >= 15 is 0 Å². The van der Waals surface area contributed by atoms with Gasteiger partial charge in [-0.25, -0.2) is 4.68 Å². The van der Waals surface area contributed by atoms with Crippen molar-refractivity contribution in [2.24, 2.45) is 5.92 Å². The van der Waals surface area contributed by atoms with Crippen LogP contribution in [0, 0.1) is 19.8 Å². The first-order chi connectivity index (χ1) is 15.2. The van der Waals surface area contributed by atoms with E-state index in [9.17, 15) is 9.59 Å². The maximum absolute atomic E-state index is 13.0. The van der Waals surface area contributed by atoms with Gasteiger partial charge in [0.25, 0.3) is 0 Å². The molecular weight excluding hydrogens is 447 g/mol. The SMILES string of the molecule is CCCCN(C)C(=O)C1CCN(C(=O)Cc2c(C)nn(-c3ccc(Cl)c(Cl)c3)c2C)CC1. The van der Waals surface area contributed by atoms with Crippen LogP contribution in [-0.2, 0) is 16.0 Å². The number of rotatable bonds is 7. The first-order valence-corrected chi connectivity index (χ1v) is 12.0. The van der Waals surface area contributed by atoms with Gasteiger partial charge in [-0.1, -0.05) is 36.5 Å². The third kappa shape index (κ3) is 5.46. The molecular formula is C24H32Cl2N4O2. The summed E-state index contributed by atoms with van der Waals surface area (Å²) in [4.78, 5) is 29.4. The number of amides is 2. The lowest BCUT2D eigenvalue weighted by atomic mass is 9.94. The maximum atomic E-state index is 13.0. The van der Waals surface area contributed by atoms with E-state index in [0.717, 1.165) is 54.9 Å². The second-order valence-electron chi connectivity index (χ2n) is 8.60. The smallest absolute Gasteiger partial charge is 0.227 e. The van der Waals surface area contributed by atoms with Gasteiger partial charge in [0.15, 0.2) is 0 Å². The van der Waals surface area contributed by atoms with E-state index in [1.54, 1.807) is 16.8 Å². The van der Waals surface area contributed by atoms with Gasteiger partial charge in [-0.05, 0) is 51.3 Å². The molecule has 0 radical (unpaired) electrons. The predicted octanol–water partition coefficient (Wildman–Crippen LogP) is 4.84. The molecule has 0 bridgehead atoms. The Hall–Kier alpha value is -2.05. The number of aryl methyl sites for hydroxylation is 1. The predicted molar refractivity (Wildman–Crippen MR) is 129 cm³/mol. The van der Waals surface area contributed by atoms with E-state index in [1.165, 1.54) is 0 Å². The van der Waals surface area contributed by atoms with Crippen molar-refractivity contribution in [1.82, 2.24) is 19.6 Å². The van der Waals surface area contributed by atoms with Crippen molar-refractivity contribution in [3.05, 3.63) is 45.2 Å². The van der Waals surface area contributed by atoms with Crippen LogP contribution in [0.2, 0.25) is 10.0 Å². The highest BCUT2D eigenvalue weighted by atomic mass is 35.5. The second-order valence-corrected chi connectivity index (χ2v) is 9.42. The molecule has 6 nitrogen and oxygen atoms in total. The summed E-state index contributed by atoms with van der Waals surface area (Å²) in [6.07, 6.45) is 3.84. The first-order valence-electron chi connectivity index (χ1n) is 11.3. The quantitative estimate of drug-likeness (QED) is 0.571. The molecule has 0 N–H and O–H groups in total. The zero-order chi connectivity index (χ0) is 23.4. The molecule has 1 aliphatic heterocycles. The largest absolute Gasteiger partial charge is 0.346 e. The Kier molecular flexibility index (Phi) is 8.23. The topological polar surface area (TPSA) is 58.4 Å². The molecule has 2 aromatic rings. The van der Waals surface area contributed by atoms with Gasteiger partial charge in [0.05, 0.1) is 27.8 Å². The molecule has 2 heterocycles. The third-order valence-corrected chi connectivity index (χ3v) is 7.08. The minimum absolute atomic E-state index is 0.0155. The van der Waals surface area contributed by atoms with Crippen LogP contribution in [0.5, 0.6) is 0 Å². The number of benzene rings is 1. The van der Waals surface area contributed by atoms with Gasteiger partial charge in [-0.15, -0.1) is 0 Å². The molecule has 0 unspecified atom stereocenters. The van der Waals surface area contributed by atoms with Crippen LogP contribution in [0.25, 0.3) is 5.69 Å². The van der Waals surface area contributed by atoms with E-state index in [1.807, 2.05) is 36.8 Å². The molecule has 0 spiro atoms. The van der Waals surface area contributed by atoms with Gasteiger partial charge in [-0.3, -0.25) is 9.59 Å². The van der Waals surface area contributed by atoms with Crippen LogP contribution < -0.4 is 0 Å². The molecule has 0 aliphatic carbocycles. The molecule has 1 fully saturated rings. The summed E-state index contributed by atoms with van der Waals surface area (Å²) in [5.41, 5.74) is 3.48. The van der Waals surface area contributed by atoms with Crippen LogP contribution in [-0.4, -0.2) is 58.1 Å². The van der Waals surface area contributed by atoms with Crippen molar-refractivity contribution in [3.63, 3.8) is 0 Å². The summed E-state index contributed by atoms with van der Waals surface area (Å²) in [6.45, 7) is 8.05. The molecule has 1 aromatic carbocycles. The summed E-state index contributed by atoms with van der Waals surface area (Å²) >= 11 is 12.2. The van der Waals surface area contributed by atoms with E-state index in [0.29, 0.717) is 29.6 Å². The molecule has 1 saturated heterocycles. The van der Waals surface area contributed by atoms with Crippen molar-refractivity contribution in [1.29, 1.82) is 0 Å². The molecule has 1 aromatic heterocycles. The minimum Gasteiger partial charge on any atom is -0.346 e. The average molecular weight is 479 g/mol. The Morgan fingerprint density at radius 2 is 1.84 bits per heavy atom. The number of nitrogens with zero attached hydrogens (tertiary/aromatic N) is 4. The molecule has 8 heteroatoms. The second kappa shape index (κ2) is 10.7. The Labute approximate surface area is 200 Å². The lowest BCUT2D eigenvalue weighted by Crippen LogP contribution is -2.44. The lowest BCUT2D eigenvalue weighted by Gasteiger charge is -2.33. The van der Waals surface area contributed by atoms with Crippen LogP contribution in [0.1, 0.15) is 49.6 Å². The van der Waals surface area contributed by atoms with Gasteiger partial charge in [0.1, 0.15) is 0 Å². The van der Waals surface area contributed by atoms with Gasteiger partial charge in [0, 0.05) is 43.9 Å². The average Bonchev–Trinajstić information content (AvgIpc) is 3.07. The molecule has 2 amide bonds. The fourth-order valence-corrected chi connectivity index (χ4v) is 4.55. The Morgan fingerprint density at radius 1 is 1.16 bits per heavy atom. The standard InChI is InChI=1S/C24H32Cl2N4O2/c1-5-6-11-28(4)24(32)18-9-12-29(13-10-18)23(31)15-20-16(2)27-30(17(20)3)19-7-8-21(25)22(26)14-19/h7-8,14,18H,5-6,9-13,15H2,1-4H3. The van der Waals surface area contributed by atoms with Crippen molar-refractivity contribution in [3.8, 4) is 5.69 Å². The Balaban J connectivity index is 1.63. The van der Waals surface area contributed by atoms with E-state index < -0.39 is 0 Å². The first kappa shape index (κ1) is 24.6. The summed E-state index contributed by atoms with van der Waals surface area (Å²) in [5.74, 6) is 0.303. The summed E-state index contributed by atoms with van der Waals surface area (Å²) in [5, 5.41) is 5.58. The summed E-state index contributed by atoms with van der Waals surface area (Å²) in [6, 6.07) is 5.37. The molecule has 0 atom stereocenters. The zero-order valence-electron chi connectivity index (χ0n) is 19.3. The normalized spacial score (nSPS) is 14.6. The number of aromatic nitrogens is 2. The van der Waals surface area contributed by atoms with E-state index in [2.05, 4.69) is 12.0 Å². The summed E-state index contributed by atoms with van der Waals surface area (Å²) < 4.78 is 1.80. The highest BCUT2D eigenvalue weighted by Crippen LogP contribution is 2.27. The molecule has 1 aliphatic rings. The number of carbonyl (C=O) groups is 2. The van der Waals surface area contributed by atoms with Crippen molar-refractivity contribution in [2.45, 2.75) is 52.9 Å². The molecule has 3 rings (SSSR count). The number of hydrogen-bond donors (Lipinski definition) is 0. The number of carbonyl (C=O) groups excluding carboxylic acids is 2. The molecule has 0 saturated carbocycles. The number of piperidine rings is 1. The molecule has 174 valence electrons. The van der Waals surface area contributed by atoms with Gasteiger partial charge in [0.2, 0.25) is 11.8 Å². The minimum atomic E-state index is 0.0155. The molecule has 32 heavy (non-hydrogen) atoms. The van der Waals surface area contributed by atoms with Gasteiger partial charge in [-0.2, -0.15) is 5.10 Å². The van der Waals surface area contributed by atoms with Crippen molar-refractivity contribution >= 4 is 35.0 Å². The monoisotopic (exact) mass is 478 g/mol. The van der Waals surface area contributed by atoms with Crippen molar-refractivity contribution in [2.75, 3.05) is 26.7 Å². The Bertz CT molecular complexity index is 981. The van der Waals surface area contributed by atoms with Crippen molar-refractivity contribution < 1.29 is 9.59 Å². The van der Waals surface area contributed by atoms with Gasteiger partial charge < -0.3 is 9.80 Å². The van der Waals surface area contributed by atoms with Crippen LogP contribution in [0.15, 0.2) is 18.2 Å². The Morgan fingerprint density at radius 3 is 2.47 bits per heavy atom. The fourth-order valence-electron chi connectivity index (χ4n) is 4.26. The highest BCUT2D eigenvalue weighted by Gasteiger charge is 2.29. The number of hydrogen-bond acceptors (Lipinski definition) is 3.